The molecule has 1 heterocycles. The topological polar surface area (TPSA) is 72.6 Å². The second kappa shape index (κ2) is 3.80. The molecule has 2 amide bonds. The van der Waals surface area contributed by atoms with E-state index in [4.69, 9.17) is 10.5 Å². The van der Waals surface area contributed by atoms with Crippen LogP contribution in [0.5, 0.6) is 0 Å². The molecule has 1 aromatic carbocycles. The van der Waals surface area contributed by atoms with Crippen molar-refractivity contribution >= 4 is 17.7 Å². The van der Waals surface area contributed by atoms with Gasteiger partial charge in [-0.1, -0.05) is 0 Å². The Balaban J connectivity index is 2.20. The zero-order chi connectivity index (χ0) is 11.7. The molecule has 1 aromatic rings. The maximum atomic E-state index is 12.7. The molecule has 2 N–H and O–H groups in total. The van der Waals surface area contributed by atoms with E-state index in [0.717, 1.165) is 0 Å². The third-order valence-corrected chi connectivity index (χ3v) is 2.27. The fourth-order valence-corrected chi connectivity index (χ4v) is 1.44. The molecule has 84 valence electrons. The van der Waals surface area contributed by atoms with Gasteiger partial charge in [-0.3, -0.25) is 9.69 Å². The molecule has 0 bridgehead atoms. The average molecular weight is 224 g/mol. The summed E-state index contributed by atoms with van der Waals surface area (Å²) < 4.78 is 17.4. The molecule has 1 fully saturated rings. The molecule has 1 aliphatic rings. The van der Waals surface area contributed by atoms with Gasteiger partial charge < -0.3 is 10.5 Å². The summed E-state index contributed by atoms with van der Waals surface area (Å²) in [5.74, 6) is -1.10. The predicted octanol–water partition coefficient (Wildman–Crippen LogP) is 0.636. The maximum Gasteiger partial charge on any atom is 0.415 e. The first-order valence-corrected chi connectivity index (χ1v) is 4.61. The summed E-state index contributed by atoms with van der Waals surface area (Å²) in [6.07, 6.45) is -1.60. The minimum Gasteiger partial charge on any atom is -0.434 e. The summed E-state index contributed by atoms with van der Waals surface area (Å²) in [5, 5.41) is 0. The first-order valence-electron chi connectivity index (χ1n) is 4.61. The second-order valence-corrected chi connectivity index (χ2v) is 3.36. The van der Waals surface area contributed by atoms with Crippen LogP contribution in [-0.4, -0.2) is 24.6 Å². The van der Waals surface area contributed by atoms with Crippen LogP contribution in [0.2, 0.25) is 0 Å². The highest BCUT2D eigenvalue weighted by Gasteiger charge is 2.35. The van der Waals surface area contributed by atoms with E-state index in [2.05, 4.69) is 0 Å². The van der Waals surface area contributed by atoms with Crippen molar-refractivity contribution in [2.45, 2.75) is 6.10 Å². The van der Waals surface area contributed by atoms with Gasteiger partial charge in [0, 0.05) is 5.69 Å². The summed E-state index contributed by atoms with van der Waals surface area (Å²) in [4.78, 5) is 23.4. The van der Waals surface area contributed by atoms with E-state index in [1.54, 1.807) is 0 Å². The number of halogens is 1. The van der Waals surface area contributed by atoms with Gasteiger partial charge in [-0.25, -0.2) is 9.18 Å². The quantitative estimate of drug-likeness (QED) is 0.801. The van der Waals surface area contributed by atoms with Crippen molar-refractivity contribution in [3.63, 3.8) is 0 Å². The van der Waals surface area contributed by atoms with Crippen LogP contribution in [0.4, 0.5) is 14.9 Å². The fourth-order valence-electron chi connectivity index (χ4n) is 1.44. The van der Waals surface area contributed by atoms with E-state index < -0.39 is 23.9 Å². The minimum absolute atomic E-state index is 0.0554. The van der Waals surface area contributed by atoms with Gasteiger partial charge in [-0.15, -0.1) is 0 Å². The SMILES string of the molecule is NC(=O)C1CN(c2ccc(F)cc2)C(=O)O1. The lowest BCUT2D eigenvalue weighted by atomic mass is 10.2. The van der Waals surface area contributed by atoms with E-state index in [9.17, 15) is 14.0 Å². The minimum atomic E-state index is -0.947. The number of nitrogens with zero attached hydrogens (tertiary/aromatic N) is 1. The van der Waals surface area contributed by atoms with Crippen molar-refractivity contribution in [2.24, 2.45) is 5.73 Å². The number of hydrogen-bond acceptors (Lipinski definition) is 3. The number of ether oxygens (including phenoxy) is 1. The monoisotopic (exact) mass is 224 g/mol. The molecule has 0 aromatic heterocycles. The number of rotatable bonds is 2. The van der Waals surface area contributed by atoms with Crippen LogP contribution in [0.25, 0.3) is 0 Å². The van der Waals surface area contributed by atoms with Crippen LogP contribution in [0.1, 0.15) is 0 Å². The number of hydrogen-bond donors (Lipinski definition) is 1. The lowest BCUT2D eigenvalue weighted by molar-refractivity contribution is -0.124. The Morgan fingerprint density at radius 3 is 2.56 bits per heavy atom. The van der Waals surface area contributed by atoms with Gasteiger partial charge in [-0.05, 0) is 24.3 Å². The summed E-state index contributed by atoms with van der Waals surface area (Å²) in [5.41, 5.74) is 5.49. The van der Waals surface area contributed by atoms with Crippen molar-refractivity contribution in [2.75, 3.05) is 11.4 Å². The highest BCUT2D eigenvalue weighted by atomic mass is 19.1. The Morgan fingerprint density at radius 1 is 1.44 bits per heavy atom. The summed E-state index contributed by atoms with van der Waals surface area (Å²) >= 11 is 0. The molecule has 0 spiro atoms. The fraction of sp³-hybridized carbons (Fsp3) is 0.200. The summed E-state index contributed by atoms with van der Waals surface area (Å²) in [6, 6.07) is 5.31. The van der Waals surface area contributed by atoms with Crippen LogP contribution in [-0.2, 0) is 9.53 Å². The first kappa shape index (κ1) is 10.4. The second-order valence-electron chi connectivity index (χ2n) is 3.36. The van der Waals surface area contributed by atoms with E-state index in [1.165, 1.54) is 29.2 Å². The van der Waals surface area contributed by atoms with Crippen LogP contribution in [0.3, 0.4) is 0 Å². The van der Waals surface area contributed by atoms with Gasteiger partial charge in [0.05, 0.1) is 6.54 Å². The Bertz CT molecular complexity index is 432. The number of carbonyl (C=O) groups excluding carboxylic acids is 2. The molecule has 2 rings (SSSR count). The normalized spacial score (nSPS) is 19.7. The number of nitrogens with two attached hydrogens (primary N) is 1. The first-order chi connectivity index (χ1) is 7.58. The van der Waals surface area contributed by atoms with Crippen molar-refractivity contribution in [3.8, 4) is 0 Å². The number of carbonyl (C=O) groups is 2. The highest BCUT2D eigenvalue weighted by molar-refractivity contribution is 5.95. The molecule has 0 saturated carbocycles. The summed E-state index contributed by atoms with van der Waals surface area (Å²) in [6.45, 7) is 0.0554. The molecule has 1 unspecified atom stereocenters. The molecule has 1 saturated heterocycles. The lowest BCUT2D eigenvalue weighted by Crippen LogP contribution is -2.32. The maximum absolute atomic E-state index is 12.7. The number of anilines is 1. The zero-order valence-electron chi connectivity index (χ0n) is 8.22. The molecular weight excluding hydrogens is 215 g/mol. The standard InChI is InChI=1S/C10H9FN2O3/c11-6-1-3-7(4-2-6)13-5-8(9(12)14)16-10(13)15/h1-4,8H,5H2,(H2,12,14). The Hall–Kier alpha value is -2.11. The Kier molecular flexibility index (Phi) is 2.47. The molecular formula is C10H9FN2O3. The van der Waals surface area contributed by atoms with Gasteiger partial charge in [0.15, 0.2) is 6.10 Å². The van der Waals surface area contributed by atoms with Crippen molar-refractivity contribution in [1.82, 2.24) is 0 Å². The largest absolute Gasteiger partial charge is 0.434 e. The Labute approximate surface area is 90.6 Å². The zero-order valence-corrected chi connectivity index (χ0v) is 8.22. The summed E-state index contributed by atoms with van der Waals surface area (Å²) in [7, 11) is 0. The smallest absolute Gasteiger partial charge is 0.415 e. The lowest BCUT2D eigenvalue weighted by Gasteiger charge is -2.11. The Morgan fingerprint density at radius 2 is 2.06 bits per heavy atom. The third kappa shape index (κ3) is 1.81. The van der Waals surface area contributed by atoms with Gasteiger partial charge in [-0.2, -0.15) is 0 Å². The highest BCUT2D eigenvalue weighted by Crippen LogP contribution is 2.21. The molecule has 1 aliphatic heterocycles. The van der Waals surface area contributed by atoms with E-state index in [-0.39, 0.29) is 6.54 Å². The average Bonchev–Trinajstić information content (AvgIpc) is 2.62. The van der Waals surface area contributed by atoms with Crippen LogP contribution < -0.4 is 10.6 Å². The predicted molar refractivity (Wildman–Crippen MR) is 53.2 cm³/mol. The molecule has 6 heteroatoms. The van der Waals surface area contributed by atoms with Crippen LogP contribution in [0, 0.1) is 5.82 Å². The molecule has 0 aliphatic carbocycles. The van der Waals surface area contributed by atoms with E-state index in [1.807, 2.05) is 0 Å². The van der Waals surface area contributed by atoms with E-state index in [0.29, 0.717) is 5.69 Å². The van der Waals surface area contributed by atoms with Gasteiger partial charge in [0.1, 0.15) is 5.82 Å². The number of cyclic esters (lactones) is 1. The molecule has 1 atom stereocenters. The third-order valence-electron chi connectivity index (χ3n) is 2.27. The van der Waals surface area contributed by atoms with Crippen molar-refractivity contribution < 1.29 is 18.7 Å². The van der Waals surface area contributed by atoms with Gasteiger partial charge in [0.25, 0.3) is 5.91 Å². The van der Waals surface area contributed by atoms with Gasteiger partial charge >= 0.3 is 6.09 Å². The molecule has 0 radical (unpaired) electrons. The number of primary amides is 1. The van der Waals surface area contributed by atoms with E-state index >= 15 is 0 Å². The molecule has 16 heavy (non-hydrogen) atoms. The van der Waals surface area contributed by atoms with Gasteiger partial charge in [0.2, 0.25) is 0 Å². The van der Waals surface area contributed by atoms with Crippen LogP contribution >= 0.6 is 0 Å². The number of amides is 2. The van der Waals surface area contributed by atoms with Crippen molar-refractivity contribution in [3.05, 3.63) is 30.1 Å². The number of benzene rings is 1. The van der Waals surface area contributed by atoms with Crippen LogP contribution in [0.15, 0.2) is 24.3 Å². The van der Waals surface area contributed by atoms with Crippen molar-refractivity contribution in [1.29, 1.82) is 0 Å². The molecule has 5 nitrogen and oxygen atoms in total.